The Morgan fingerprint density at radius 2 is 2.05 bits per heavy atom. The molecule has 1 N–H and O–H groups in total. The van der Waals surface area contributed by atoms with Gasteiger partial charge in [0.15, 0.2) is 6.10 Å². The maximum atomic E-state index is 12.4. The lowest BCUT2D eigenvalue weighted by Gasteiger charge is -2.35. The number of ether oxygens (including phenoxy) is 1. The Bertz CT molecular complexity index is 555. The molecule has 1 saturated heterocycles. The average molecular weight is 289 g/mol. The summed E-state index contributed by atoms with van der Waals surface area (Å²) in [7, 11) is 0. The Balaban J connectivity index is 1.80. The predicted octanol–water partition coefficient (Wildman–Crippen LogP) is 0.232. The molecule has 0 saturated carbocycles. The van der Waals surface area contributed by atoms with Gasteiger partial charge < -0.3 is 15.0 Å². The van der Waals surface area contributed by atoms with Crippen molar-refractivity contribution in [3.05, 3.63) is 24.3 Å². The van der Waals surface area contributed by atoms with Crippen LogP contribution in [0.3, 0.4) is 0 Å². The molecular weight excluding hydrogens is 270 g/mol. The number of anilines is 1. The number of fused-ring (bicyclic) bond motifs is 1. The standard InChI is InChI=1S/C15H19N3O3/c1-11-15(20)18(12-4-2-3-5-13(12)21-11)10-14(19)17-8-6-16-7-9-17/h2-5,11,16H,6-10H2,1H3. The number of nitrogens with one attached hydrogen (secondary N) is 1. The van der Waals surface area contributed by atoms with E-state index in [1.807, 2.05) is 24.3 Å². The zero-order valence-electron chi connectivity index (χ0n) is 12.0. The van der Waals surface area contributed by atoms with Crippen LogP contribution in [0.5, 0.6) is 5.75 Å². The van der Waals surface area contributed by atoms with Gasteiger partial charge in [-0.25, -0.2) is 0 Å². The molecule has 1 aromatic rings. The molecule has 6 heteroatoms. The van der Waals surface area contributed by atoms with Gasteiger partial charge in [0.1, 0.15) is 12.3 Å². The molecular formula is C15H19N3O3. The summed E-state index contributed by atoms with van der Waals surface area (Å²) >= 11 is 0. The van der Waals surface area contributed by atoms with Gasteiger partial charge in [-0.15, -0.1) is 0 Å². The first-order valence-electron chi connectivity index (χ1n) is 7.22. The summed E-state index contributed by atoms with van der Waals surface area (Å²) in [6, 6.07) is 7.33. The van der Waals surface area contributed by atoms with Crippen molar-refractivity contribution in [3.63, 3.8) is 0 Å². The highest BCUT2D eigenvalue weighted by Gasteiger charge is 2.33. The lowest BCUT2D eigenvalue weighted by atomic mass is 10.2. The van der Waals surface area contributed by atoms with Crippen LogP contribution < -0.4 is 15.0 Å². The molecule has 2 aliphatic rings. The predicted molar refractivity (Wildman–Crippen MR) is 78.3 cm³/mol. The van der Waals surface area contributed by atoms with Gasteiger partial charge in [-0.1, -0.05) is 12.1 Å². The first-order chi connectivity index (χ1) is 10.2. The highest BCUT2D eigenvalue weighted by molar-refractivity contribution is 6.03. The number of carbonyl (C=O) groups excluding carboxylic acids is 2. The maximum absolute atomic E-state index is 12.4. The van der Waals surface area contributed by atoms with Crippen molar-refractivity contribution >= 4 is 17.5 Å². The summed E-state index contributed by atoms with van der Waals surface area (Å²) < 4.78 is 5.58. The number of rotatable bonds is 2. The number of amides is 2. The van der Waals surface area contributed by atoms with E-state index in [-0.39, 0.29) is 18.4 Å². The Morgan fingerprint density at radius 1 is 1.33 bits per heavy atom. The molecule has 3 rings (SSSR count). The summed E-state index contributed by atoms with van der Waals surface area (Å²) in [6.45, 7) is 4.76. The zero-order valence-corrected chi connectivity index (χ0v) is 12.0. The minimum Gasteiger partial charge on any atom is -0.479 e. The number of para-hydroxylation sites is 2. The average Bonchev–Trinajstić information content (AvgIpc) is 2.52. The van der Waals surface area contributed by atoms with Gasteiger partial charge in [-0.05, 0) is 19.1 Å². The van der Waals surface area contributed by atoms with E-state index >= 15 is 0 Å². The molecule has 1 aromatic carbocycles. The topological polar surface area (TPSA) is 61.9 Å². The van der Waals surface area contributed by atoms with E-state index < -0.39 is 6.10 Å². The Hall–Kier alpha value is -2.08. The van der Waals surface area contributed by atoms with Gasteiger partial charge in [0.25, 0.3) is 5.91 Å². The second-order valence-electron chi connectivity index (χ2n) is 5.28. The van der Waals surface area contributed by atoms with Gasteiger partial charge in [-0.3, -0.25) is 14.5 Å². The van der Waals surface area contributed by atoms with Crippen LogP contribution in [-0.4, -0.2) is 55.5 Å². The fourth-order valence-electron chi connectivity index (χ4n) is 2.67. The lowest BCUT2D eigenvalue weighted by molar-refractivity contribution is -0.133. The van der Waals surface area contributed by atoms with Crippen molar-refractivity contribution in [3.8, 4) is 5.75 Å². The number of piperazine rings is 1. The molecule has 0 aliphatic carbocycles. The third-order valence-corrected chi connectivity index (χ3v) is 3.84. The SMILES string of the molecule is CC1Oc2ccccc2N(CC(=O)N2CCNCC2)C1=O. The van der Waals surface area contributed by atoms with E-state index in [0.29, 0.717) is 24.5 Å². The highest BCUT2D eigenvalue weighted by Crippen LogP contribution is 2.33. The van der Waals surface area contributed by atoms with Crippen molar-refractivity contribution in [2.45, 2.75) is 13.0 Å². The molecule has 2 aliphatic heterocycles. The van der Waals surface area contributed by atoms with Crippen LogP contribution in [0.15, 0.2) is 24.3 Å². The van der Waals surface area contributed by atoms with Gasteiger partial charge in [0.2, 0.25) is 5.91 Å². The lowest BCUT2D eigenvalue weighted by Crippen LogP contribution is -2.53. The molecule has 0 spiro atoms. The van der Waals surface area contributed by atoms with Gasteiger partial charge in [0, 0.05) is 26.2 Å². The van der Waals surface area contributed by atoms with Crippen molar-refractivity contribution in [1.29, 1.82) is 0 Å². The summed E-state index contributed by atoms with van der Waals surface area (Å²) in [5, 5.41) is 3.21. The molecule has 0 bridgehead atoms. The Labute approximate surface area is 123 Å². The molecule has 0 aromatic heterocycles. The van der Waals surface area contributed by atoms with E-state index in [1.165, 1.54) is 4.90 Å². The summed E-state index contributed by atoms with van der Waals surface area (Å²) in [6.07, 6.45) is -0.560. The first-order valence-corrected chi connectivity index (χ1v) is 7.22. The van der Waals surface area contributed by atoms with Crippen LogP contribution in [-0.2, 0) is 9.59 Å². The van der Waals surface area contributed by atoms with Gasteiger partial charge >= 0.3 is 0 Å². The van der Waals surface area contributed by atoms with E-state index in [1.54, 1.807) is 11.8 Å². The second kappa shape index (κ2) is 5.73. The van der Waals surface area contributed by atoms with Crippen molar-refractivity contribution in [2.75, 3.05) is 37.6 Å². The number of benzene rings is 1. The largest absolute Gasteiger partial charge is 0.479 e. The first kappa shape index (κ1) is 13.9. The summed E-state index contributed by atoms with van der Waals surface area (Å²) in [4.78, 5) is 28.0. The van der Waals surface area contributed by atoms with Crippen LogP contribution >= 0.6 is 0 Å². The third-order valence-electron chi connectivity index (χ3n) is 3.84. The van der Waals surface area contributed by atoms with Gasteiger partial charge in [0.05, 0.1) is 5.69 Å². The monoisotopic (exact) mass is 289 g/mol. The molecule has 0 radical (unpaired) electrons. The normalized spacial score (nSPS) is 21.8. The minimum absolute atomic E-state index is 0.0197. The van der Waals surface area contributed by atoms with E-state index in [4.69, 9.17) is 4.74 Å². The van der Waals surface area contributed by atoms with E-state index in [9.17, 15) is 9.59 Å². The quantitative estimate of drug-likeness (QED) is 0.847. The Kier molecular flexibility index (Phi) is 3.79. The van der Waals surface area contributed by atoms with Crippen molar-refractivity contribution in [1.82, 2.24) is 10.2 Å². The zero-order chi connectivity index (χ0) is 14.8. The smallest absolute Gasteiger partial charge is 0.268 e. The van der Waals surface area contributed by atoms with Crippen molar-refractivity contribution in [2.24, 2.45) is 0 Å². The summed E-state index contributed by atoms with van der Waals surface area (Å²) in [5.74, 6) is 0.462. The molecule has 2 heterocycles. The van der Waals surface area contributed by atoms with Crippen molar-refractivity contribution < 1.29 is 14.3 Å². The van der Waals surface area contributed by atoms with Crippen LogP contribution in [0.1, 0.15) is 6.92 Å². The fraction of sp³-hybridized carbons (Fsp3) is 0.467. The molecule has 2 amide bonds. The molecule has 21 heavy (non-hydrogen) atoms. The molecule has 1 unspecified atom stereocenters. The number of hydrogen-bond donors (Lipinski definition) is 1. The van der Waals surface area contributed by atoms with Crippen LogP contribution in [0, 0.1) is 0 Å². The molecule has 1 fully saturated rings. The minimum atomic E-state index is -0.560. The molecule has 1 atom stereocenters. The molecule has 112 valence electrons. The van der Waals surface area contributed by atoms with Gasteiger partial charge in [-0.2, -0.15) is 0 Å². The number of nitrogens with zero attached hydrogens (tertiary/aromatic N) is 2. The van der Waals surface area contributed by atoms with Crippen LogP contribution in [0.2, 0.25) is 0 Å². The van der Waals surface area contributed by atoms with Crippen LogP contribution in [0.4, 0.5) is 5.69 Å². The second-order valence-corrected chi connectivity index (χ2v) is 5.28. The van der Waals surface area contributed by atoms with Crippen LogP contribution in [0.25, 0.3) is 0 Å². The van der Waals surface area contributed by atoms with E-state index in [2.05, 4.69) is 5.32 Å². The highest BCUT2D eigenvalue weighted by atomic mass is 16.5. The summed E-state index contributed by atoms with van der Waals surface area (Å²) in [5.41, 5.74) is 0.670. The Morgan fingerprint density at radius 3 is 2.81 bits per heavy atom. The fourth-order valence-corrected chi connectivity index (χ4v) is 2.67. The number of carbonyl (C=O) groups is 2. The van der Waals surface area contributed by atoms with E-state index in [0.717, 1.165) is 13.1 Å². The maximum Gasteiger partial charge on any atom is 0.268 e. The number of hydrogen-bond acceptors (Lipinski definition) is 4. The molecule has 6 nitrogen and oxygen atoms in total. The third kappa shape index (κ3) is 2.71.